The van der Waals surface area contributed by atoms with Crippen LogP contribution in [0.4, 0.5) is 4.70 Å². The fraction of sp³-hybridized carbons (Fsp3) is 1.00. The van der Waals surface area contributed by atoms with Gasteiger partial charge in [-0.3, -0.25) is 4.70 Å². The third kappa shape index (κ3) is 2.62. The summed E-state index contributed by atoms with van der Waals surface area (Å²) >= 11 is 0. The third-order valence-corrected chi connectivity index (χ3v) is 1.70. The van der Waals surface area contributed by atoms with Crippen molar-refractivity contribution in [1.29, 1.82) is 0 Å². The van der Waals surface area contributed by atoms with E-state index in [1.165, 1.54) is 0 Å². The first kappa shape index (κ1) is 9.85. The molecule has 0 aromatic heterocycles. The third-order valence-electron chi connectivity index (χ3n) is 1.70. The maximum absolute atomic E-state index is 5.48. The molecule has 1 unspecified atom stereocenters. The van der Waals surface area contributed by atoms with E-state index in [-0.39, 0.29) is 4.70 Å². The first-order chi connectivity index (χ1) is 4.30. The molecule has 1 saturated heterocycles. The van der Waals surface area contributed by atoms with Crippen molar-refractivity contribution < 1.29 is 9.44 Å². The molecule has 0 spiro atoms. The van der Waals surface area contributed by atoms with Gasteiger partial charge in [-0.25, -0.2) is 0 Å². The highest BCUT2D eigenvalue weighted by Gasteiger charge is 2.15. The predicted molar refractivity (Wildman–Crippen MR) is 40.0 cm³/mol. The summed E-state index contributed by atoms with van der Waals surface area (Å²) in [5, 5.41) is 3.29. The van der Waals surface area contributed by atoms with Crippen molar-refractivity contribution in [3.63, 3.8) is 0 Å². The Labute approximate surface area is 61.3 Å². The molecule has 0 amide bonds. The van der Waals surface area contributed by atoms with Gasteiger partial charge in [0.25, 0.3) is 0 Å². The number of hydrogen-bond acceptors (Lipinski definition) is 2. The van der Waals surface area contributed by atoms with E-state index in [0.29, 0.717) is 12.0 Å². The molecule has 1 aliphatic rings. The number of ether oxygens (including phenoxy) is 1. The molecular formula is C7H16FNO. The highest BCUT2D eigenvalue weighted by molar-refractivity contribution is 4.69. The smallest absolute Gasteiger partial charge is 0.0722 e. The second kappa shape index (κ2) is 4.63. The highest BCUT2D eigenvalue weighted by atomic mass is 19.0. The normalized spacial score (nSPS) is 26.1. The molecular weight excluding hydrogens is 133 g/mol. The largest absolute Gasteiger partial charge is 0.375 e. The minimum Gasteiger partial charge on any atom is -0.375 e. The van der Waals surface area contributed by atoms with Crippen LogP contribution < -0.4 is 5.32 Å². The van der Waals surface area contributed by atoms with Gasteiger partial charge in [-0.1, -0.05) is 13.8 Å². The summed E-state index contributed by atoms with van der Waals surface area (Å²) in [5.74, 6) is 0.651. The Morgan fingerprint density at radius 2 is 2.20 bits per heavy atom. The van der Waals surface area contributed by atoms with Gasteiger partial charge >= 0.3 is 0 Å². The monoisotopic (exact) mass is 149 g/mol. The quantitative estimate of drug-likeness (QED) is 0.595. The maximum atomic E-state index is 5.48. The van der Waals surface area contributed by atoms with Crippen LogP contribution >= 0.6 is 0 Å². The average molecular weight is 149 g/mol. The molecule has 0 aliphatic carbocycles. The van der Waals surface area contributed by atoms with Crippen LogP contribution in [-0.4, -0.2) is 25.8 Å². The van der Waals surface area contributed by atoms with E-state index in [1.807, 2.05) is 0 Å². The van der Waals surface area contributed by atoms with Gasteiger partial charge in [0.1, 0.15) is 0 Å². The fourth-order valence-electron chi connectivity index (χ4n) is 1.01. The van der Waals surface area contributed by atoms with Crippen molar-refractivity contribution in [2.45, 2.75) is 20.0 Å². The summed E-state index contributed by atoms with van der Waals surface area (Å²) in [6.07, 6.45) is 0.443. The van der Waals surface area contributed by atoms with Crippen LogP contribution in [0.1, 0.15) is 13.8 Å². The van der Waals surface area contributed by atoms with Crippen LogP contribution in [0.25, 0.3) is 0 Å². The van der Waals surface area contributed by atoms with Crippen LogP contribution in [0, 0.1) is 5.92 Å². The second-order valence-electron chi connectivity index (χ2n) is 2.86. The van der Waals surface area contributed by atoms with E-state index in [9.17, 15) is 0 Å². The molecule has 0 saturated carbocycles. The van der Waals surface area contributed by atoms with Crippen LogP contribution in [0.15, 0.2) is 0 Å². The van der Waals surface area contributed by atoms with Gasteiger partial charge in [-0.05, 0) is 5.92 Å². The summed E-state index contributed by atoms with van der Waals surface area (Å²) in [6, 6.07) is 0. The second-order valence-corrected chi connectivity index (χ2v) is 2.86. The van der Waals surface area contributed by atoms with Crippen LogP contribution in [0.3, 0.4) is 0 Å². The molecule has 1 rings (SSSR count). The van der Waals surface area contributed by atoms with Crippen molar-refractivity contribution in [1.82, 2.24) is 5.32 Å². The van der Waals surface area contributed by atoms with E-state index >= 15 is 0 Å². The van der Waals surface area contributed by atoms with Gasteiger partial charge < -0.3 is 10.1 Å². The molecule has 1 N–H and O–H groups in total. The average Bonchev–Trinajstić information content (AvgIpc) is 1.90. The molecule has 62 valence electrons. The lowest BCUT2D eigenvalue weighted by molar-refractivity contribution is 0.000508. The van der Waals surface area contributed by atoms with Crippen LogP contribution in [0.2, 0.25) is 0 Å². The maximum Gasteiger partial charge on any atom is 0.0722 e. The molecule has 1 aliphatic heterocycles. The van der Waals surface area contributed by atoms with Crippen LogP contribution in [0.5, 0.6) is 0 Å². The minimum atomic E-state index is 0. The number of nitrogens with one attached hydrogen (secondary N) is 1. The topological polar surface area (TPSA) is 21.3 Å². The molecule has 2 nitrogen and oxygen atoms in total. The summed E-state index contributed by atoms with van der Waals surface area (Å²) < 4.78 is 5.48. The first-order valence-corrected chi connectivity index (χ1v) is 3.63. The van der Waals surface area contributed by atoms with Gasteiger partial charge in [-0.15, -0.1) is 0 Å². The zero-order valence-electron chi connectivity index (χ0n) is 6.59. The number of halogens is 1. The van der Waals surface area contributed by atoms with Crippen molar-refractivity contribution in [3.8, 4) is 0 Å². The first-order valence-electron chi connectivity index (χ1n) is 3.63. The van der Waals surface area contributed by atoms with Crippen LogP contribution in [-0.2, 0) is 4.74 Å². The van der Waals surface area contributed by atoms with Crippen molar-refractivity contribution in [2.24, 2.45) is 5.92 Å². The predicted octanol–water partition coefficient (Wildman–Crippen LogP) is 0.783. The van der Waals surface area contributed by atoms with Crippen molar-refractivity contribution >= 4 is 0 Å². The van der Waals surface area contributed by atoms with Gasteiger partial charge in [-0.2, -0.15) is 0 Å². The zero-order valence-corrected chi connectivity index (χ0v) is 6.59. The lowest BCUT2D eigenvalue weighted by Gasteiger charge is -2.26. The standard InChI is InChI=1S/C7H15NO.FH/c1-6(2)7-5-8-3-4-9-7;/h6-8H,3-5H2,1-2H3;1H. The molecule has 1 fully saturated rings. The van der Waals surface area contributed by atoms with Gasteiger partial charge in [0, 0.05) is 13.1 Å². The zero-order chi connectivity index (χ0) is 6.69. The Morgan fingerprint density at radius 1 is 1.50 bits per heavy atom. The SMILES string of the molecule is CC(C)C1CNCCO1.F. The Balaban J connectivity index is 0.000000810. The summed E-state index contributed by atoms with van der Waals surface area (Å²) in [4.78, 5) is 0. The van der Waals surface area contributed by atoms with E-state index in [2.05, 4.69) is 19.2 Å². The molecule has 3 heteroatoms. The van der Waals surface area contributed by atoms with Gasteiger partial charge in [0.15, 0.2) is 0 Å². The lowest BCUT2D eigenvalue weighted by Crippen LogP contribution is -2.41. The Kier molecular flexibility index (Phi) is 4.56. The van der Waals surface area contributed by atoms with E-state index in [1.54, 1.807) is 0 Å². The Hall–Kier alpha value is -0.150. The fourth-order valence-corrected chi connectivity index (χ4v) is 1.01. The van der Waals surface area contributed by atoms with E-state index in [0.717, 1.165) is 19.7 Å². The van der Waals surface area contributed by atoms with Gasteiger partial charge in [0.05, 0.1) is 12.7 Å². The van der Waals surface area contributed by atoms with Crippen molar-refractivity contribution in [3.05, 3.63) is 0 Å². The van der Waals surface area contributed by atoms with Crippen molar-refractivity contribution in [2.75, 3.05) is 19.7 Å². The molecule has 10 heavy (non-hydrogen) atoms. The number of hydrogen-bond donors (Lipinski definition) is 1. The summed E-state index contributed by atoms with van der Waals surface area (Å²) in [7, 11) is 0. The Morgan fingerprint density at radius 3 is 2.50 bits per heavy atom. The Bertz CT molecular complexity index is 81.7. The molecule has 0 radical (unpaired) electrons. The summed E-state index contributed by atoms with van der Waals surface area (Å²) in [5.41, 5.74) is 0. The molecule has 0 aromatic rings. The molecule has 1 heterocycles. The number of morpholine rings is 1. The van der Waals surface area contributed by atoms with E-state index in [4.69, 9.17) is 4.74 Å². The highest BCUT2D eigenvalue weighted by Crippen LogP contribution is 2.06. The van der Waals surface area contributed by atoms with Gasteiger partial charge in [0.2, 0.25) is 0 Å². The summed E-state index contributed by atoms with van der Waals surface area (Å²) in [6.45, 7) is 7.30. The number of rotatable bonds is 1. The molecule has 0 aromatic carbocycles. The lowest BCUT2D eigenvalue weighted by atomic mass is 10.1. The molecule has 0 bridgehead atoms. The van der Waals surface area contributed by atoms with E-state index < -0.39 is 0 Å². The molecule has 1 atom stereocenters. The minimum absolute atomic E-state index is 0.